The molecule has 0 saturated carbocycles. The van der Waals surface area contributed by atoms with Crippen LogP contribution >= 0.6 is 0 Å². The Bertz CT molecular complexity index is 508. The molecule has 2 N–H and O–H groups in total. The molecule has 0 atom stereocenters. The molecule has 1 fully saturated rings. The first-order chi connectivity index (χ1) is 9.92. The lowest BCUT2D eigenvalue weighted by Crippen LogP contribution is -2.42. The molecule has 0 aliphatic carbocycles. The number of hydrogen-bond acceptors (Lipinski definition) is 2. The Morgan fingerprint density at radius 1 is 1.19 bits per heavy atom. The summed E-state index contributed by atoms with van der Waals surface area (Å²) in [6, 6.07) is 2.03. The second-order valence-electron chi connectivity index (χ2n) is 5.85. The van der Waals surface area contributed by atoms with Crippen LogP contribution in [0.15, 0.2) is 12.1 Å². The van der Waals surface area contributed by atoms with E-state index in [0.29, 0.717) is 18.5 Å². The monoisotopic (exact) mass is 296 g/mol. The molecule has 5 heteroatoms. The molecular formula is C16H22F2N2O. The number of nitrogens with zero attached hydrogens (tertiary/aromatic N) is 1. The molecule has 0 bridgehead atoms. The smallest absolute Gasteiger partial charge is 0.254 e. The molecule has 3 nitrogen and oxygen atoms in total. The number of piperidine rings is 1. The van der Waals surface area contributed by atoms with Crippen molar-refractivity contribution in [1.82, 2.24) is 4.90 Å². The van der Waals surface area contributed by atoms with Crippen LogP contribution in [0.4, 0.5) is 14.5 Å². The van der Waals surface area contributed by atoms with Crippen molar-refractivity contribution in [3.63, 3.8) is 0 Å². The minimum Gasteiger partial charge on any atom is -0.394 e. The number of hydrogen-bond donors (Lipinski definition) is 1. The Morgan fingerprint density at radius 2 is 1.67 bits per heavy atom. The van der Waals surface area contributed by atoms with Gasteiger partial charge in [-0.2, -0.15) is 0 Å². The highest BCUT2D eigenvalue weighted by Gasteiger charge is 2.33. The van der Waals surface area contributed by atoms with E-state index in [1.165, 1.54) is 0 Å². The highest BCUT2D eigenvalue weighted by atomic mass is 19.1. The van der Waals surface area contributed by atoms with E-state index in [2.05, 4.69) is 13.8 Å². The maximum absolute atomic E-state index is 13.5. The third-order valence-electron chi connectivity index (χ3n) is 4.94. The topological polar surface area (TPSA) is 46.3 Å². The Hall–Kier alpha value is -1.65. The van der Waals surface area contributed by atoms with Crippen LogP contribution in [0.25, 0.3) is 0 Å². The second kappa shape index (κ2) is 6.00. The van der Waals surface area contributed by atoms with Crippen molar-refractivity contribution in [2.75, 3.05) is 18.8 Å². The summed E-state index contributed by atoms with van der Waals surface area (Å²) in [5.74, 6) is -2.09. The number of amides is 1. The number of rotatable bonds is 3. The van der Waals surface area contributed by atoms with E-state index in [9.17, 15) is 13.6 Å². The summed E-state index contributed by atoms with van der Waals surface area (Å²) >= 11 is 0. The molecule has 1 aromatic rings. The van der Waals surface area contributed by atoms with Gasteiger partial charge >= 0.3 is 0 Å². The van der Waals surface area contributed by atoms with Crippen LogP contribution in [0.3, 0.4) is 0 Å². The molecule has 1 aliphatic heterocycles. The Balaban J connectivity index is 2.12. The standard InChI is InChI=1S/C16H22F2N2O/c1-3-16(4-2)5-7-20(8-6-16)15(21)11-9-12(17)14(19)13(18)10-11/h9-10H,3-8,19H2,1-2H3. The van der Waals surface area contributed by atoms with Crippen LogP contribution in [-0.2, 0) is 0 Å². The summed E-state index contributed by atoms with van der Waals surface area (Å²) in [5, 5.41) is 0. The summed E-state index contributed by atoms with van der Waals surface area (Å²) < 4.78 is 26.9. The van der Waals surface area contributed by atoms with Crippen LogP contribution in [0, 0.1) is 17.0 Å². The molecular weight excluding hydrogens is 274 g/mol. The van der Waals surface area contributed by atoms with Crippen LogP contribution in [0.5, 0.6) is 0 Å². The van der Waals surface area contributed by atoms with Crippen LogP contribution in [0.1, 0.15) is 49.9 Å². The van der Waals surface area contributed by atoms with Gasteiger partial charge in [0, 0.05) is 18.7 Å². The molecule has 0 unspecified atom stereocenters. The zero-order chi connectivity index (χ0) is 15.6. The molecule has 116 valence electrons. The van der Waals surface area contributed by atoms with Gasteiger partial charge in [-0.25, -0.2) is 8.78 Å². The van der Waals surface area contributed by atoms with E-state index < -0.39 is 17.3 Å². The number of likely N-dealkylation sites (tertiary alicyclic amines) is 1. The van der Waals surface area contributed by atoms with Crippen LogP contribution < -0.4 is 5.73 Å². The van der Waals surface area contributed by atoms with Crippen LogP contribution in [0.2, 0.25) is 0 Å². The Morgan fingerprint density at radius 3 is 2.10 bits per heavy atom. The summed E-state index contributed by atoms with van der Waals surface area (Å²) in [7, 11) is 0. The summed E-state index contributed by atoms with van der Waals surface area (Å²) in [4.78, 5) is 14.0. The zero-order valence-electron chi connectivity index (χ0n) is 12.6. The summed E-state index contributed by atoms with van der Waals surface area (Å²) in [6.45, 7) is 5.61. The van der Waals surface area contributed by atoms with E-state index >= 15 is 0 Å². The van der Waals surface area contributed by atoms with Gasteiger partial charge in [0.15, 0.2) is 0 Å². The average molecular weight is 296 g/mol. The number of carbonyl (C=O) groups excluding carboxylic acids is 1. The van der Waals surface area contributed by atoms with Gasteiger partial charge in [0.1, 0.15) is 17.3 Å². The van der Waals surface area contributed by atoms with Crippen LogP contribution in [-0.4, -0.2) is 23.9 Å². The predicted molar refractivity (Wildman–Crippen MR) is 78.9 cm³/mol. The molecule has 1 amide bonds. The van der Waals surface area contributed by atoms with Gasteiger partial charge in [-0.1, -0.05) is 26.7 Å². The lowest BCUT2D eigenvalue weighted by atomic mass is 9.74. The van der Waals surface area contributed by atoms with Gasteiger partial charge in [0.2, 0.25) is 0 Å². The normalized spacial score (nSPS) is 17.8. The minimum atomic E-state index is -0.883. The number of anilines is 1. The molecule has 0 spiro atoms. The quantitative estimate of drug-likeness (QED) is 0.866. The van der Waals surface area contributed by atoms with Crippen molar-refractivity contribution in [2.45, 2.75) is 39.5 Å². The number of benzene rings is 1. The van der Waals surface area contributed by atoms with Gasteiger partial charge in [-0.05, 0) is 30.4 Å². The van der Waals surface area contributed by atoms with Gasteiger partial charge < -0.3 is 10.6 Å². The van der Waals surface area contributed by atoms with Crippen molar-refractivity contribution in [3.8, 4) is 0 Å². The number of carbonyl (C=O) groups is 1. The van der Waals surface area contributed by atoms with Gasteiger partial charge in [0.25, 0.3) is 5.91 Å². The fraction of sp³-hybridized carbons (Fsp3) is 0.562. The molecule has 21 heavy (non-hydrogen) atoms. The van der Waals surface area contributed by atoms with E-state index in [-0.39, 0.29) is 11.5 Å². The number of nitrogen functional groups attached to an aromatic ring is 1. The fourth-order valence-electron chi connectivity index (χ4n) is 3.03. The first-order valence-corrected chi connectivity index (χ1v) is 7.46. The lowest BCUT2D eigenvalue weighted by Gasteiger charge is -2.41. The molecule has 1 heterocycles. The first-order valence-electron chi connectivity index (χ1n) is 7.46. The Kier molecular flexibility index (Phi) is 4.49. The third-order valence-corrected chi connectivity index (χ3v) is 4.94. The molecule has 0 radical (unpaired) electrons. The summed E-state index contributed by atoms with van der Waals surface area (Å²) in [6.07, 6.45) is 4.06. The predicted octanol–water partition coefficient (Wildman–Crippen LogP) is 3.59. The SMILES string of the molecule is CCC1(CC)CCN(C(=O)c2cc(F)c(N)c(F)c2)CC1. The van der Waals surface area contributed by atoms with Gasteiger partial charge in [-0.15, -0.1) is 0 Å². The highest BCUT2D eigenvalue weighted by molar-refractivity contribution is 5.94. The molecule has 1 aromatic carbocycles. The highest BCUT2D eigenvalue weighted by Crippen LogP contribution is 2.38. The Labute approximate surface area is 124 Å². The molecule has 1 aliphatic rings. The van der Waals surface area contributed by atoms with Crippen molar-refractivity contribution in [2.24, 2.45) is 5.41 Å². The van der Waals surface area contributed by atoms with E-state index in [0.717, 1.165) is 37.8 Å². The maximum atomic E-state index is 13.5. The first kappa shape index (κ1) is 15.7. The van der Waals surface area contributed by atoms with Crippen molar-refractivity contribution < 1.29 is 13.6 Å². The number of halogens is 2. The van der Waals surface area contributed by atoms with E-state index in [1.807, 2.05) is 0 Å². The molecule has 0 aromatic heterocycles. The largest absolute Gasteiger partial charge is 0.394 e. The molecule has 2 rings (SSSR count). The van der Waals surface area contributed by atoms with Gasteiger partial charge in [0.05, 0.1) is 0 Å². The van der Waals surface area contributed by atoms with Crippen molar-refractivity contribution in [3.05, 3.63) is 29.3 Å². The minimum absolute atomic E-state index is 0.0275. The fourth-order valence-corrected chi connectivity index (χ4v) is 3.03. The van der Waals surface area contributed by atoms with Crippen molar-refractivity contribution in [1.29, 1.82) is 0 Å². The number of nitrogens with two attached hydrogens (primary N) is 1. The average Bonchev–Trinajstić information content (AvgIpc) is 2.51. The second-order valence-corrected chi connectivity index (χ2v) is 5.85. The van der Waals surface area contributed by atoms with Gasteiger partial charge in [-0.3, -0.25) is 4.79 Å². The molecule has 1 saturated heterocycles. The van der Waals surface area contributed by atoms with E-state index in [4.69, 9.17) is 5.73 Å². The van der Waals surface area contributed by atoms with E-state index in [1.54, 1.807) is 4.90 Å². The lowest BCUT2D eigenvalue weighted by molar-refractivity contribution is 0.0557. The third kappa shape index (κ3) is 3.01. The maximum Gasteiger partial charge on any atom is 0.254 e. The summed E-state index contributed by atoms with van der Waals surface area (Å²) in [5.41, 5.74) is 5.01. The zero-order valence-corrected chi connectivity index (χ0v) is 12.6. The van der Waals surface area contributed by atoms with Crippen molar-refractivity contribution >= 4 is 11.6 Å².